The third-order valence-corrected chi connectivity index (χ3v) is 5.86. The molecule has 7 heteroatoms. The second-order valence-electron chi connectivity index (χ2n) is 8.36. The van der Waals surface area contributed by atoms with E-state index in [1.807, 2.05) is 25.3 Å². The van der Waals surface area contributed by atoms with Crippen LogP contribution in [-0.4, -0.2) is 30.2 Å². The number of aromatic nitrogens is 5. The molecule has 0 aliphatic heterocycles. The van der Waals surface area contributed by atoms with Crippen molar-refractivity contribution in [2.24, 2.45) is 5.92 Å². The molecule has 1 atom stereocenters. The zero-order valence-electron chi connectivity index (χ0n) is 17.1. The Morgan fingerprint density at radius 1 is 1.17 bits per heavy atom. The van der Waals surface area contributed by atoms with Gasteiger partial charge in [-0.05, 0) is 70.2 Å². The molecule has 29 heavy (non-hydrogen) atoms. The first-order valence-electron chi connectivity index (χ1n) is 10.2. The summed E-state index contributed by atoms with van der Waals surface area (Å²) < 4.78 is 18.7. The van der Waals surface area contributed by atoms with Gasteiger partial charge in [0.1, 0.15) is 11.3 Å². The molecule has 1 N–H and O–H groups in total. The van der Waals surface area contributed by atoms with Crippen LogP contribution in [0.4, 0.5) is 10.3 Å². The Hall–Kier alpha value is -2.96. The largest absolute Gasteiger partial charge is 0.350 e. The molecule has 0 radical (unpaired) electrons. The third-order valence-electron chi connectivity index (χ3n) is 5.86. The Kier molecular flexibility index (Phi) is 4.08. The van der Waals surface area contributed by atoms with E-state index in [9.17, 15) is 4.39 Å². The van der Waals surface area contributed by atoms with Crippen LogP contribution in [0, 0.1) is 18.7 Å². The van der Waals surface area contributed by atoms with Crippen LogP contribution in [0.5, 0.6) is 0 Å². The van der Waals surface area contributed by atoms with Crippen molar-refractivity contribution in [1.29, 1.82) is 0 Å². The number of hydrogen-bond donors (Lipinski definition) is 1. The smallest absolute Gasteiger partial charge is 0.241 e. The fraction of sp³-hybridized carbons (Fsp3) is 0.409. The number of imidazole rings is 1. The summed E-state index contributed by atoms with van der Waals surface area (Å²) in [4.78, 5) is 8.92. The first-order chi connectivity index (χ1) is 13.9. The van der Waals surface area contributed by atoms with E-state index in [1.165, 1.54) is 12.8 Å². The van der Waals surface area contributed by atoms with E-state index in [0.29, 0.717) is 17.5 Å². The molecule has 6 nitrogen and oxygen atoms in total. The average molecular weight is 392 g/mol. The summed E-state index contributed by atoms with van der Waals surface area (Å²) in [6.07, 6.45) is 6.24. The number of benzene rings is 1. The quantitative estimate of drug-likeness (QED) is 0.520. The van der Waals surface area contributed by atoms with Crippen molar-refractivity contribution in [3.63, 3.8) is 0 Å². The summed E-state index contributed by atoms with van der Waals surface area (Å²) >= 11 is 0. The molecule has 3 aromatic heterocycles. The topological polar surface area (TPSA) is 60.0 Å². The van der Waals surface area contributed by atoms with Crippen molar-refractivity contribution in [3.8, 4) is 11.1 Å². The maximum atomic E-state index is 14.9. The molecule has 150 valence electrons. The predicted octanol–water partition coefficient (Wildman–Crippen LogP) is 4.98. The van der Waals surface area contributed by atoms with Gasteiger partial charge in [-0.2, -0.15) is 0 Å². The maximum Gasteiger partial charge on any atom is 0.241 e. The zero-order valence-corrected chi connectivity index (χ0v) is 17.1. The highest BCUT2D eigenvalue weighted by Crippen LogP contribution is 2.34. The Bertz CT molecular complexity index is 1220. The van der Waals surface area contributed by atoms with Crippen LogP contribution in [0.2, 0.25) is 0 Å². The Morgan fingerprint density at radius 2 is 1.97 bits per heavy atom. The summed E-state index contributed by atoms with van der Waals surface area (Å²) in [6.45, 7) is 8.25. The fourth-order valence-corrected chi connectivity index (χ4v) is 4.20. The van der Waals surface area contributed by atoms with Gasteiger partial charge in [-0.15, -0.1) is 5.10 Å². The van der Waals surface area contributed by atoms with Gasteiger partial charge < -0.3 is 9.88 Å². The Balaban J connectivity index is 1.58. The third kappa shape index (κ3) is 3.05. The summed E-state index contributed by atoms with van der Waals surface area (Å²) in [6, 6.07) is 6.09. The summed E-state index contributed by atoms with van der Waals surface area (Å²) in [5.41, 5.74) is 3.78. The van der Waals surface area contributed by atoms with Crippen molar-refractivity contribution in [1.82, 2.24) is 24.1 Å². The highest BCUT2D eigenvalue weighted by molar-refractivity contribution is 5.88. The van der Waals surface area contributed by atoms with Gasteiger partial charge in [0, 0.05) is 23.8 Å². The van der Waals surface area contributed by atoms with Crippen molar-refractivity contribution < 1.29 is 4.39 Å². The Morgan fingerprint density at radius 3 is 2.69 bits per heavy atom. The number of rotatable bonds is 5. The summed E-state index contributed by atoms with van der Waals surface area (Å²) in [5, 5.41) is 7.98. The lowest BCUT2D eigenvalue weighted by atomic mass is 10.1. The van der Waals surface area contributed by atoms with Crippen molar-refractivity contribution in [2.75, 3.05) is 5.32 Å². The van der Waals surface area contributed by atoms with Crippen LogP contribution in [0.1, 0.15) is 45.5 Å². The summed E-state index contributed by atoms with van der Waals surface area (Å²) in [5.74, 6) is 1.85. The number of nitrogens with zero attached hydrogens (tertiary/aromatic N) is 5. The standard InChI is InChI=1S/C22H25FN6/c1-12(2)29-14(4)26-21-18(23)9-16(10-19(21)29)17-7-8-28-20(17)11-24-22(27-28)25-13(3)15-5-6-15/h7-13,15H,5-6H2,1-4H3,(H,25,27)/t13-/m0/s1. The first-order valence-corrected chi connectivity index (χ1v) is 10.2. The average Bonchev–Trinajstić information content (AvgIpc) is 3.35. The van der Waals surface area contributed by atoms with Gasteiger partial charge in [-0.25, -0.2) is 18.9 Å². The minimum atomic E-state index is -0.309. The van der Waals surface area contributed by atoms with E-state index in [1.54, 1.807) is 16.8 Å². The molecule has 5 rings (SSSR count). The number of anilines is 1. The number of fused-ring (bicyclic) bond motifs is 2. The molecule has 1 fully saturated rings. The molecule has 1 aromatic carbocycles. The maximum absolute atomic E-state index is 14.9. The number of halogens is 1. The molecule has 0 unspecified atom stereocenters. The van der Waals surface area contributed by atoms with E-state index in [0.717, 1.165) is 33.9 Å². The second-order valence-corrected chi connectivity index (χ2v) is 8.36. The van der Waals surface area contributed by atoms with Crippen molar-refractivity contribution in [3.05, 3.63) is 42.2 Å². The first kappa shape index (κ1) is 18.1. The molecule has 1 aliphatic rings. The molecule has 0 amide bonds. The zero-order chi connectivity index (χ0) is 20.3. The SMILES string of the molecule is Cc1nc2c(F)cc(-c3ccn4nc(N[C@@H](C)C5CC5)ncc34)cc2n1C(C)C. The minimum Gasteiger partial charge on any atom is -0.350 e. The van der Waals surface area contributed by atoms with Gasteiger partial charge >= 0.3 is 0 Å². The lowest BCUT2D eigenvalue weighted by molar-refractivity contribution is 0.600. The molecule has 0 saturated heterocycles. The minimum absolute atomic E-state index is 0.200. The van der Waals surface area contributed by atoms with Crippen LogP contribution in [-0.2, 0) is 0 Å². The molecule has 1 saturated carbocycles. The highest BCUT2D eigenvalue weighted by atomic mass is 19.1. The highest BCUT2D eigenvalue weighted by Gasteiger charge is 2.28. The molecular weight excluding hydrogens is 367 g/mol. The number of hydrogen-bond acceptors (Lipinski definition) is 4. The van der Waals surface area contributed by atoms with E-state index in [-0.39, 0.29) is 11.9 Å². The van der Waals surface area contributed by atoms with Crippen LogP contribution in [0.25, 0.3) is 27.7 Å². The van der Waals surface area contributed by atoms with E-state index < -0.39 is 0 Å². The lowest BCUT2D eigenvalue weighted by Gasteiger charge is -2.13. The van der Waals surface area contributed by atoms with Crippen LogP contribution < -0.4 is 5.32 Å². The van der Waals surface area contributed by atoms with Gasteiger partial charge in [-0.3, -0.25) is 0 Å². The monoisotopic (exact) mass is 392 g/mol. The molecule has 3 heterocycles. The van der Waals surface area contributed by atoms with Gasteiger partial charge in [0.05, 0.1) is 17.2 Å². The molecular formula is C22H25FN6. The van der Waals surface area contributed by atoms with Crippen molar-refractivity contribution >= 4 is 22.5 Å². The molecule has 0 bridgehead atoms. The van der Waals surface area contributed by atoms with E-state index >= 15 is 0 Å². The van der Waals surface area contributed by atoms with Crippen LogP contribution in [0.3, 0.4) is 0 Å². The second kappa shape index (κ2) is 6.54. The molecule has 1 aliphatic carbocycles. The van der Waals surface area contributed by atoms with E-state index in [4.69, 9.17) is 0 Å². The van der Waals surface area contributed by atoms with Crippen molar-refractivity contribution in [2.45, 2.75) is 52.6 Å². The van der Waals surface area contributed by atoms with Gasteiger partial charge in [0.15, 0.2) is 5.82 Å². The number of aryl methyl sites for hydroxylation is 1. The van der Waals surface area contributed by atoms with Gasteiger partial charge in [-0.1, -0.05) is 0 Å². The predicted molar refractivity (Wildman–Crippen MR) is 113 cm³/mol. The van der Waals surface area contributed by atoms with Gasteiger partial charge in [0.25, 0.3) is 0 Å². The normalized spacial score (nSPS) is 15.5. The Labute approximate surface area is 168 Å². The molecule has 0 spiro atoms. The van der Waals surface area contributed by atoms with Crippen LogP contribution in [0.15, 0.2) is 30.6 Å². The molecule has 4 aromatic rings. The van der Waals surface area contributed by atoms with Gasteiger partial charge in [0.2, 0.25) is 5.95 Å². The fourth-order valence-electron chi connectivity index (χ4n) is 4.20. The lowest BCUT2D eigenvalue weighted by Crippen LogP contribution is -2.19. The van der Waals surface area contributed by atoms with E-state index in [2.05, 4.69) is 45.7 Å². The number of nitrogens with one attached hydrogen (secondary N) is 1. The van der Waals surface area contributed by atoms with Crippen LogP contribution >= 0.6 is 0 Å². The summed E-state index contributed by atoms with van der Waals surface area (Å²) in [7, 11) is 0.